The van der Waals surface area contributed by atoms with Crippen molar-refractivity contribution in [1.29, 1.82) is 0 Å². The van der Waals surface area contributed by atoms with Gasteiger partial charge in [0, 0.05) is 28.0 Å². The highest BCUT2D eigenvalue weighted by molar-refractivity contribution is 8.00. The number of nitrogens with zero attached hydrogens (tertiary/aromatic N) is 1. The summed E-state index contributed by atoms with van der Waals surface area (Å²) >= 11 is 13.4. The van der Waals surface area contributed by atoms with Crippen LogP contribution in [0.15, 0.2) is 53.4 Å². The van der Waals surface area contributed by atoms with Crippen LogP contribution in [-0.2, 0) is 16.1 Å². The molecule has 0 aliphatic rings. The van der Waals surface area contributed by atoms with Gasteiger partial charge in [-0.2, -0.15) is 0 Å². The maximum absolute atomic E-state index is 13.2. The van der Waals surface area contributed by atoms with E-state index in [1.165, 1.54) is 11.8 Å². The molecule has 7 heteroatoms. The van der Waals surface area contributed by atoms with Gasteiger partial charge in [-0.05, 0) is 54.3 Å². The number of amides is 2. The minimum Gasteiger partial charge on any atom is -0.354 e. The second kappa shape index (κ2) is 12.2. The summed E-state index contributed by atoms with van der Waals surface area (Å²) in [6.07, 6.45) is 0.537. The first-order valence-corrected chi connectivity index (χ1v) is 11.7. The fourth-order valence-corrected chi connectivity index (χ4v) is 3.92. The van der Waals surface area contributed by atoms with Crippen LogP contribution < -0.4 is 5.32 Å². The standard InChI is InChI=1S/C23H28Cl2N2O2S/c1-4-21(23(29)26-13-16(2)3)27(14-17-5-7-18(24)8-6-17)22(28)15-30-20-11-9-19(25)10-12-20/h5-12,16,21H,4,13-15H2,1-3H3,(H,26,29)/t21-/m1/s1. The van der Waals surface area contributed by atoms with Crippen molar-refractivity contribution in [2.75, 3.05) is 12.3 Å². The normalized spacial score (nSPS) is 11.9. The predicted octanol–water partition coefficient (Wildman–Crippen LogP) is 5.67. The number of hydrogen-bond donors (Lipinski definition) is 1. The Kier molecular flexibility index (Phi) is 10.0. The molecule has 0 aliphatic heterocycles. The molecule has 0 saturated carbocycles. The summed E-state index contributed by atoms with van der Waals surface area (Å²) < 4.78 is 0. The fraction of sp³-hybridized carbons (Fsp3) is 0.391. The Morgan fingerprint density at radius 3 is 2.10 bits per heavy atom. The first kappa shape index (κ1) is 24.6. The molecule has 2 rings (SSSR count). The molecule has 0 saturated heterocycles. The lowest BCUT2D eigenvalue weighted by Gasteiger charge is -2.31. The zero-order valence-electron chi connectivity index (χ0n) is 17.5. The Balaban J connectivity index is 2.17. The lowest BCUT2D eigenvalue weighted by Crippen LogP contribution is -2.50. The molecule has 30 heavy (non-hydrogen) atoms. The maximum Gasteiger partial charge on any atom is 0.242 e. The van der Waals surface area contributed by atoms with E-state index in [1.54, 1.807) is 29.2 Å². The van der Waals surface area contributed by atoms with Crippen molar-refractivity contribution < 1.29 is 9.59 Å². The molecule has 2 amide bonds. The smallest absolute Gasteiger partial charge is 0.242 e. The van der Waals surface area contributed by atoms with Crippen LogP contribution in [0.1, 0.15) is 32.8 Å². The van der Waals surface area contributed by atoms with Crippen molar-refractivity contribution in [3.63, 3.8) is 0 Å². The maximum atomic E-state index is 13.2. The van der Waals surface area contributed by atoms with Gasteiger partial charge in [-0.1, -0.05) is 56.1 Å². The number of nitrogens with one attached hydrogen (secondary N) is 1. The number of carbonyl (C=O) groups excluding carboxylic acids is 2. The lowest BCUT2D eigenvalue weighted by molar-refractivity contribution is -0.139. The first-order chi connectivity index (χ1) is 14.3. The number of hydrogen-bond acceptors (Lipinski definition) is 3. The molecular formula is C23H28Cl2N2O2S. The van der Waals surface area contributed by atoms with Crippen molar-refractivity contribution in [3.05, 3.63) is 64.1 Å². The topological polar surface area (TPSA) is 49.4 Å². The summed E-state index contributed by atoms with van der Waals surface area (Å²) in [6, 6.07) is 14.2. The van der Waals surface area contributed by atoms with E-state index in [1.807, 2.05) is 45.0 Å². The average molecular weight is 467 g/mol. The van der Waals surface area contributed by atoms with Crippen molar-refractivity contribution in [1.82, 2.24) is 10.2 Å². The van der Waals surface area contributed by atoms with Crippen molar-refractivity contribution in [3.8, 4) is 0 Å². The van der Waals surface area contributed by atoms with Gasteiger partial charge in [0.25, 0.3) is 0 Å². The van der Waals surface area contributed by atoms with Gasteiger partial charge in [-0.3, -0.25) is 9.59 Å². The highest BCUT2D eigenvalue weighted by Gasteiger charge is 2.28. The van der Waals surface area contributed by atoms with E-state index >= 15 is 0 Å². The van der Waals surface area contributed by atoms with E-state index in [4.69, 9.17) is 23.2 Å². The summed E-state index contributed by atoms with van der Waals surface area (Å²) in [5.74, 6) is 0.372. The second-order valence-corrected chi connectivity index (χ2v) is 9.38. The second-order valence-electron chi connectivity index (χ2n) is 7.45. The molecule has 1 atom stereocenters. The summed E-state index contributed by atoms with van der Waals surface area (Å²) in [6.45, 7) is 6.94. The van der Waals surface area contributed by atoms with Crippen LogP contribution in [0.25, 0.3) is 0 Å². The molecule has 2 aromatic rings. The molecule has 162 valence electrons. The molecule has 0 unspecified atom stereocenters. The molecule has 0 spiro atoms. The fourth-order valence-electron chi connectivity index (χ4n) is 2.89. The number of benzene rings is 2. The van der Waals surface area contributed by atoms with Gasteiger partial charge < -0.3 is 10.2 Å². The molecule has 0 heterocycles. The van der Waals surface area contributed by atoms with Crippen LogP contribution in [0, 0.1) is 5.92 Å². The molecule has 2 aromatic carbocycles. The molecule has 0 radical (unpaired) electrons. The molecular weight excluding hydrogens is 439 g/mol. The Morgan fingerprint density at radius 1 is 1.00 bits per heavy atom. The highest BCUT2D eigenvalue weighted by Crippen LogP contribution is 2.22. The van der Waals surface area contributed by atoms with Gasteiger partial charge in [0.2, 0.25) is 11.8 Å². The predicted molar refractivity (Wildman–Crippen MR) is 126 cm³/mol. The van der Waals surface area contributed by atoms with E-state index in [0.717, 1.165) is 10.5 Å². The van der Waals surface area contributed by atoms with Gasteiger partial charge in [0.1, 0.15) is 6.04 Å². The third-order valence-electron chi connectivity index (χ3n) is 4.51. The number of rotatable bonds is 10. The van der Waals surface area contributed by atoms with Crippen LogP contribution in [0.2, 0.25) is 10.0 Å². The van der Waals surface area contributed by atoms with Crippen LogP contribution in [0.5, 0.6) is 0 Å². The number of halogens is 2. The average Bonchev–Trinajstić information content (AvgIpc) is 2.72. The Bertz CT molecular complexity index is 826. The van der Waals surface area contributed by atoms with E-state index in [9.17, 15) is 9.59 Å². The zero-order valence-corrected chi connectivity index (χ0v) is 19.9. The van der Waals surface area contributed by atoms with Gasteiger partial charge in [-0.15, -0.1) is 11.8 Å². The van der Waals surface area contributed by atoms with Crippen LogP contribution in [0.3, 0.4) is 0 Å². The third kappa shape index (κ3) is 7.86. The van der Waals surface area contributed by atoms with Crippen molar-refractivity contribution in [2.45, 2.75) is 44.7 Å². The zero-order chi connectivity index (χ0) is 22.1. The van der Waals surface area contributed by atoms with Crippen molar-refractivity contribution in [2.24, 2.45) is 5.92 Å². The Morgan fingerprint density at radius 2 is 1.57 bits per heavy atom. The number of carbonyl (C=O) groups is 2. The third-order valence-corrected chi connectivity index (χ3v) is 6.01. The van der Waals surface area contributed by atoms with Gasteiger partial charge in [-0.25, -0.2) is 0 Å². The molecule has 0 aliphatic carbocycles. The Hall–Kier alpha value is -1.69. The minimum absolute atomic E-state index is 0.0866. The molecule has 0 aromatic heterocycles. The lowest BCUT2D eigenvalue weighted by atomic mass is 10.1. The van der Waals surface area contributed by atoms with E-state index in [-0.39, 0.29) is 17.6 Å². The quantitative estimate of drug-likeness (QED) is 0.459. The number of thioether (sulfide) groups is 1. The summed E-state index contributed by atoms with van der Waals surface area (Å²) in [7, 11) is 0. The molecule has 0 bridgehead atoms. The molecule has 0 fully saturated rings. The Labute approximate surface area is 193 Å². The van der Waals surface area contributed by atoms with Gasteiger partial charge >= 0.3 is 0 Å². The summed E-state index contributed by atoms with van der Waals surface area (Å²) in [5, 5.41) is 4.26. The van der Waals surface area contributed by atoms with Gasteiger partial charge in [0.05, 0.1) is 5.75 Å². The summed E-state index contributed by atoms with van der Waals surface area (Å²) in [5.41, 5.74) is 0.930. The van der Waals surface area contributed by atoms with Crippen LogP contribution >= 0.6 is 35.0 Å². The highest BCUT2D eigenvalue weighted by atomic mass is 35.5. The van der Waals surface area contributed by atoms with E-state index < -0.39 is 6.04 Å². The SMILES string of the molecule is CC[C@H](C(=O)NCC(C)C)N(Cc1ccc(Cl)cc1)C(=O)CSc1ccc(Cl)cc1. The molecule has 4 nitrogen and oxygen atoms in total. The monoisotopic (exact) mass is 466 g/mol. The first-order valence-electron chi connectivity index (χ1n) is 10.00. The van der Waals surface area contributed by atoms with E-state index in [0.29, 0.717) is 35.5 Å². The van der Waals surface area contributed by atoms with Crippen LogP contribution in [-0.4, -0.2) is 35.1 Å². The van der Waals surface area contributed by atoms with E-state index in [2.05, 4.69) is 5.32 Å². The van der Waals surface area contributed by atoms with Crippen molar-refractivity contribution >= 4 is 46.8 Å². The van der Waals surface area contributed by atoms with Crippen LogP contribution in [0.4, 0.5) is 0 Å². The molecule has 1 N–H and O–H groups in total. The van der Waals surface area contributed by atoms with Gasteiger partial charge in [0.15, 0.2) is 0 Å². The summed E-state index contributed by atoms with van der Waals surface area (Å²) in [4.78, 5) is 28.6. The minimum atomic E-state index is -0.530. The largest absolute Gasteiger partial charge is 0.354 e.